The molecule has 0 aliphatic carbocycles. The fourth-order valence-electron chi connectivity index (χ4n) is 1.69. The third-order valence-corrected chi connectivity index (χ3v) is 4.16. The van der Waals surface area contributed by atoms with E-state index in [-0.39, 0.29) is 5.97 Å². The van der Waals surface area contributed by atoms with E-state index < -0.39 is 6.10 Å². The number of esters is 1. The molecule has 112 valence electrons. The maximum atomic E-state index is 11.7. The highest BCUT2D eigenvalue weighted by molar-refractivity contribution is 14.1. The van der Waals surface area contributed by atoms with Crippen LogP contribution in [0.4, 0.5) is 0 Å². The molecular weight excluding hydrogens is 451 g/mol. The van der Waals surface area contributed by atoms with Crippen LogP contribution in [0.3, 0.4) is 0 Å². The summed E-state index contributed by atoms with van der Waals surface area (Å²) in [5.74, 6) is 0.185. The molecule has 0 radical (unpaired) electrons. The number of carbonyl (C=O) groups is 1. The number of halogens is 2. The maximum absolute atomic E-state index is 11.7. The Hall–Kier alpha value is -1.09. The van der Waals surface area contributed by atoms with E-state index in [2.05, 4.69) is 43.6 Å². The molecule has 0 saturated carbocycles. The SMILES string of the molecule is CCOC(=O)C(C)Oc1cc(-n2cccn2)c(I)cc1Br. The summed E-state index contributed by atoms with van der Waals surface area (Å²) in [7, 11) is 0. The highest BCUT2D eigenvalue weighted by atomic mass is 127. The summed E-state index contributed by atoms with van der Waals surface area (Å²) in [6.45, 7) is 3.76. The van der Waals surface area contributed by atoms with Crippen molar-refractivity contribution >= 4 is 44.5 Å². The number of hydrogen-bond acceptors (Lipinski definition) is 4. The van der Waals surface area contributed by atoms with Gasteiger partial charge in [-0.25, -0.2) is 9.48 Å². The number of hydrogen-bond donors (Lipinski definition) is 0. The van der Waals surface area contributed by atoms with E-state index in [0.717, 1.165) is 13.7 Å². The van der Waals surface area contributed by atoms with Crippen molar-refractivity contribution in [2.45, 2.75) is 20.0 Å². The molecule has 0 spiro atoms. The largest absolute Gasteiger partial charge is 0.478 e. The fraction of sp³-hybridized carbons (Fsp3) is 0.286. The van der Waals surface area contributed by atoms with Gasteiger partial charge >= 0.3 is 5.97 Å². The molecule has 1 aromatic carbocycles. The van der Waals surface area contributed by atoms with Gasteiger partial charge in [0.25, 0.3) is 0 Å². The molecule has 1 unspecified atom stereocenters. The van der Waals surface area contributed by atoms with Crippen LogP contribution in [0.15, 0.2) is 35.1 Å². The Morgan fingerprint density at radius 1 is 1.52 bits per heavy atom. The third kappa shape index (κ3) is 3.97. The molecule has 0 aliphatic heterocycles. The first-order valence-corrected chi connectivity index (χ1v) is 8.22. The van der Waals surface area contributed by atoms with Crippen LogP contribution in [0, 0.1) is 3.57 Å². The number of rotatable bonds is 5. The molecule has 0 saturated heterocycles. The van der Waals surface area contributed by atoms with Gasteiger partial charge in [0, 0.05) is 22.0 Å². The van der Waals surface area contributed by atoms with Gasteiger partial charge in [-0.3, -0.25) is 0 Å². The van der Waals surface area contributed by atoms with Gasteiger partial charge < -0.3 is 9.47 Å². The molecule has 5 nitrogen and oxygen atoms in total. The van der Waals surface area contributed by atoms with Crippen molar-refractivity contribution in [3.8, 4) is 11.4 Å². The van der Waals surface area contributed by atoms with Gasteiger partial charge in [0.15, 0.2) is 6.10 Å². The van der Waals surface area contributed by atoms with Crippen LogP contribution in [0.5, 0.6) is 5.75 Å². The Morgan fingerprint density at radius 2 is 2.29 bits per heavy atom. The summed E-state index contributed by atoms with van der Waals surface area (Å²) in [5.41, 5.74) is 0.884. The second-order valence-electron chi connectivity index (χ2n) is 4.20. The van der Waals surface area contributed by atoms with Crippen molar-refractivity contribution in [3.63, 3.8) is 0 Å². The molecule has 2 aromatic rings. The lowest BCUT2D eigenvalue weighted by molar-refractivity contribution is -0.150. The lowest BCUT2D eigenvalue weighted by Gasteiger charge is -2.16. The number of carbonyl (C=O) groups excluding carboxylic acids is 1. The van der Waals surface area contributed by atoms with Gasteiger partial charge in [0.05, 0.1) is 16.8 Å². The van der Waals surface area contributed by atoms with Crippen molar-refractivity contribution in [1.29, 1.82) is 0 Å². The van der Waals surface area contributed by atoms with E-state index in [1.54, 1.807) is 24.7 Å². The van der Waals surface area contributed by atoms with Gasteiger partial charge in [0.2, 0.25) is 0 Å². The summed E-state index contributed by atoms with van der Waals surface area (Å²) >= 11 is 5.68. The standard InChI is InChI=1S/C14H14BrIN2O3/c1-3-20-14(19)9(2)21-13-8-12(11(16)7-10(13)15)18-6-4-5-17-18/h4-9H,3H2,1-2H3. The lowest BCUT2D eigenvalue weighted by Crippen LogP contribution is -2.26. The minimum absolute atomic E-state index is 0.332. The molecule has 0 fully saturated rings. The van der Waals surface area contributed by atoms with Crippen molar-refractivity contribution in [3.05, 3.63) is 38.6 Å². The Labute approximate surface area is 144 Å². The molecule has 7 heteroatoms. The second kappa shape index (κ2) is 7.26. The van der Waals surface area contributed by atoms with Gasteiger partial charge in [-0.05, 0) is 64.5 Å². The highest BCUT2D eigenvalue weighted by Gasteiger charge is 2.18. The van der Waals surface area contributed by atoms with E-state index in [1.165, 1.54) is 0 Å². The van der Waals surface area contributed by atoms with E-state index >= 15 is 0 Å². The molecule has 0 amide bonds. The topological polar surface area (TPSA) is 53.4 Å². The van der Waals surface area contributed by atoms with Crippen molar-refractivity contribution < 1.29 is 14.3 Å². The Balaban J connectivity index is 2.28. The van der Waals surface area contributed by atoms with Crippen LogP contribution in [-0.2, 0) is 9.53 Å². The molecule has 1 heterocycles. The summed E-state index contributed by atoms with van der Waals surface area (Å²) in [4.78, 5) is 11.7. The molecule has 0 N–H and O–H groups in total. The van der Waals surface area contributed by atoms with Crippen LogP contribution in [0.1, 0.15) is 13.8 Å². The molecule has 1 aromatic heterocycles. The molecular formula is C14H14BrIN2O3. The maximum Gasteiger partial charge on any atom is 0.347 e. The second-order valence-corrected chi connectivity index (χ2v) is 6.21. The molecule has 21 heavy (non-hydrogen) atoms. The zero-order valence-electron chi connectivity index (χ0n) is 11.5. The van der Waals surface area contributed by atoms with Crippen LogP contribution >= 0.6 is 38.5 Å². The summed E-state index contributed by atoms with van der Waals surface area (Å²) in [5, 5.41) is 4.21. The van der Waals surface area contributed by atoms with Gasteiger partial charge in [0.1, 0.15) is 5.75 Å². The number of benzene rings is 1. The average Bonchev–Trinajstić information content (AvgIpc) is 2.95. The minimum atomic E-state index is -0.674. The average molecular weight is 465 g/mol. The Bertz CT molecular complexity index is 631. The normalized spacial score (nSPS) is 12.0. The van der Waals surface area contributed by atoms with Gasteiger partial charge in [-0.1, -0.05) is 0 Å². The molecule has 0 bridgehead atoms. The monoisotopic (exact) mass is 464 g/mol. The zero-order valence-corrected chi connectivity index (χ0v) is 15.3. The summed E-state index contributed by atoms with van der Waals surface area (Å²) in [6, 6.07) is 5.61. The van der Waals surface area contributed by atoms with Crippen LogP contribution in [0.25, 0.3) is 5.69 Å². The smallest absolute Gasteiger partial charge is 0.347 e. The van der Waals surface area contributed by atoms with Crippen LogP contribution < -0.4 is 4.74 Å². The first-order chi connectivity index (χ1) is 10.0. The lowest BCUT2D eigenvalue weighted by atomic mass is 10.3. The first kappa shape index (κ1) is 16.3. The van der Waals surface area contributed by atoms with Crippen molar-refractivity contribution in [2.75, 3.05) is 6.61 Å². The van der Waals surface area contributed by atoms with Gasteiger partial charge in [-0.2, -0.15) is 5.10 Å². The minimum Gasteiger partial charge on any atom is -0.478 e. The molecule has 0 aliphatic rings. The van der Waals surface area contributed by atoms with Crippen LogP contribution in [-0.4, -0.2) is 28.5 Å². The quantitative estimate of drug-likeness (QED) is 0.501. The number of nitrogens with zero attached hydrogens (tertiary/aromatic N) is 2. The van der Waals surface area contributed by atoms with E-state index in [9.17, 15) is 4.79 Å². The Kier molecular flexibility index (Phi) is 5.63. The van der Waals surface area contributed by atoms with Crippen molar-refractivity contribution in [1.82, 2.24) is 9.78 Å². The van der Waals surface area contributed by atoms with Crippen LogP contribution in [0.2, 0.25) is 0 Å². The van der Waals surface area contributed by atoms with Gasteiger partial charge in [-0.15, -0.1) is 0 Å². The van der Waals surface area contributed by atoms with E-state index in [4.69, 9.17) is 9.47 Å². The fourth-order valence-corrected chi connectivity index (χ4v) is 3.27. The predicted molar refractivity (Wildman–Crippen MR) is 90.7 cm³/mol. The Morgan fingerprint density at radius 3 is 2.90 bits per heavy atom. The van der Waals surface area contributed by atoms with E-state index in [1.807, 2.05) is 24.4 Å². The predicted octanol–water partition coefficient (Wildman–Crippen LogP) is 3.57. The van der Waals surface area contributed by atoms with Crippen molar-refractivity contribution in [2.24, 2.45) is 0 Å². The first-order valence-electron chi connectivity index (χ1n) is 6.35. The highest BCUT2D eigenvalue weighted by Crippen LogP contribution is 2.32. The molecule has 1 atom stereocenters. The number of ether oxygens (including phenoxy) is 2. The summed E-state index contributed by atoms with van der Waals surface area (Å²) in [6.07, 6.45) is 2.89. The molecule has 2 rings (SSSR count). The number of aromatic nitrogens is 2. The van der Waals surface area contributed by atoms with E-state index in [0.29, 0.717) is 12.4 Å². The third-order valence-electron chi connectivity index (χ3n) is 2.67. The summed E-state index contributed by atoms with van der Waals surface area (Å²) < 4.78 is 14.2. The zero-order chi connectivity index (χ0) is 15.4.